The van der Waals surface area contributed by atoms with Gasteiger partial charge in [-0.25, -0.2) is 4.98 Å². The Kier molecular flexibility index (Phi) is 4.81. The second-order valence-electron chi connectivity index (χ2n) is 5.53. The predicted octanol–water partition coefficient (Wildman–Crippen LogP) is 3.49. The van der Waals surface area contributed by atoms with Crippen molar-refractivity contribution in [1.82, 2.24) is 14.9 Å². The van der Waals surface area contributed by atoms with Gasteiger partial charge < -0.3 is 9.88 Å². The second kappa shape index (κ2) is 6.37. The molecule has 1 aliphatic carbocycles. The maximum absolute atomic E-state index is 4.40. The number of nitrogens with one attached hydrogen (secondary N) is 1. The molecule has 0 aromatic carbocycles. The third-order valence-corrected chi connectivity index (χ3v) is 4.60. The van der Waals surface area contributed by atoms with Gasteiger partial charge in [0.25, 0.3) is 0 Å². The van der Waals surface area contributed by atoms with Crippen LogP contribution in [0.4, 0.5) is 0 Å². The van der Waals surface area contributed by atoms with Gasteiger partial charge >= 0.3 is 0 Å². The summed E-state index contributed by atoms with van der Waals surface area (Å²) in [7, 11) is 2.08. The van der Waals surface area contributed by atoms with E-state index in [0.29, 0.717) is 12.0 Å². The summed E-state index contributed by atoms with van der Waals surface area (Å²) in [6.07, 6.45) is 11.7. The first-order chi connectivity index (χ1) is 8.80. The monoisotopic (exact) mass is 249 g/mol. The molecule has 0 spiro atoms. The Hall–Kier alpha value is -0.830. The summed E-state index contributed by atoms with van der Waals surface area (Å²) < 4.78 is 2.46. The zero-order chi connectivity index (χ0) is 13.0. The molecule has 1 fully saturated rings. The lowest BCUT2D eigenvalue weighted by molar-refractivity contribution is 0.293. The predicted molar refractivity (Wildman–Crippen MR) is 75.9 cm³/mol. The molecule has 0 atom stereocenters. The van der Waals surface area contributed by atoms with Crippen LogP contribution in [0.25, 0.3) is 0 Å². The molecule has 1 aliphatic rings. The fourth-order valence-corrected chi connectivity index (χ4v) is 3.29. The Morgan fingerprint density at radius 1 is 1.28 bits per heavy atom. The molecule has 0 radical (unpaired) electrons. The van der Waals surface area contributed by atoms with E-state index in [4.69, 9.17) is 0 Å². The van der Waals surface area contributed by atoms with Gasteiger partial charge in [0.1, 0.15) is 0 Å². The summed E-state index contributed by atoms with van der Waals surface area (Å²) in [6, 6.07) is 1.40. The second-order valence-corrected chi connectivity index (χ2v) is 5.53. The van der Waals surface area contributed by atoms with Crippen LogP contribution in [0.5, 0.6) is 0 Å². The van der Waals surface area contributed by atoms with E-state index in [0.717, 1.165) is 6.04 Å². The molecule has 0 aliphatic heterocycles. The minimum absolute atomic E-state index is 0.674. The lowest BCUT2D eigenvalue weighted by atomic mass is 9.90. The van der Waals surface area contributed by atoms with Crippen LogP contribution in [-0.4, -0.2) is 22.6 Å². The highest BCUT2D eigenvalue weighted by Crippen LogP contribution is 2.32. The van der Waals surface area contributed by atoms with E-state index >= 15 is 0 Å². The van der Waals surface area contributed by atoms with E-state index in [-0.39, 0.29) is 0 Å². The number of hydrogen-bond acceptors (Lipinski definition) is 2. The average molecular weight is 249 g/mol. The zero-order valence-corrected chi connectivity index (χ0v) is 12.0. The first-order valence-electron chi connectivity index (χ1n) is 7.49. The van der Waals surface area contributed by atoms with Gasteiger partial charge in [-0.1, -0.05) is 13.8 Å². The maximum Gasteiger partial charge on any atom is 0.0950 e. The van der Waals surface area contributed by atoms with Gasteiger partial charge in [0, 0.05) is 29.9 Å². The standard InChI is InChI=1S/C15H27N3/c1-4-12(5-2)15-10-17-11-18(15)14-8-6-13(16-3)7-9-14/h10-14,16H,4-9H2,1-3H3. The van der Waals surface area contributed by atoms with Crippen LogP contribution in [0, 0.1) is 0 Å². The fraction of sp³-hybridized carbons (Fsp3) is 0.800. The van der Waals surface area contributed by atoms with Crippen molar-refractivity contribution in [2.45, 2.75) is 70.4 Å². The molecular formula is C15H27N3. The Labute approximate surface area is 111 Å². The van der Waals surface area contributed by atoms with Crippen LogP contribution in [0.15, 0.2) is 12.5 Å². The molecule has 0 amide bonds. The number of rotatable bonds is 5. The van der Waals surface area contributed by atoms with E-state index in [2.05, 4.69) is 48.3 Å². The van der Waals surface area contributed by atoms with E-state index in [1.54, 1.807) is 0 Å². The number of nitrogens with zero attached hydrogens (tertiary/aromatic N) is 2. The van der Waals surface area contributed by atoms with Gasteiger partial charge in [-0.2, -0.15) is 0 Å². The van der Waals surface area contributed by atoms with Gasteiger partial charge in [0.2, 0.25) is 0 Å². The lowest BCUT2D eigenvalue weighted by Crippen LogP contribution is -2.31. The van der Waals surface area contributed by atoms with Gasteiger partial charge in [-0.3, -0.25) is 0 Å². The third kappa shape index (κ3) is 2.77. The topological polar surface area (TPSA) is 29.9 Å². The van der Waals surface area contributed by atoms with Crippen LogP contribution in [0.2, 0.25) is 0 Å². The van der Waals surface area contributed by atoms with Crippen molar-refractivity contribution in [2.75, 3.05) is 7.05 Å². The Morgan fingerprint density at radius 3 is 2.50 bits per heavy atom. The highest BCUT2D eigenvalue weighted by atomic mass is 15.1. The summed E-state index contributed by atoms with van der Waals surface area (Å²) in [6.45, 7) is 4.56. The fourth-order valence-electron chi connectivity index (χ4n) is 3.29. The van der Waals surface area contributed by atoms with Gasteiger partial charge in [0.05, 0.1) is 6.33 Å². The average Bonchev–Trinajstić information content (AvgIpc) is 2.90. The van der Waals surface area contributed by atoms with Gasteiger partial charge in [-0.05, 0) is 45.6 Å². The van der Waals surface area contributed by atoms with Crippen molar-refractivity contribution in [2.24, 2.45) is 0 Å². The summed E-state index contributed by atoms with van der Waals surface area (Å²) in [5.41, 5.74) is 1.45. The third-order valence-electron chi connectivity index (χ3n) is 4.60. The van der Waals surface area contributed by atoms with Crippen LogP contribution in [-0.2, 0) is 0 Å². The molecule has 1 aromatic heterocycles. The van der Waals surface area contributed by atoms with Crippen LogP contribution in [0.3, 0.4) is 0 Å². The minimum Gasteiger partial charge on any atom is -0.331 e. The number of aromatic nitrogens is 2. The quantitative estimate of drug-likeness (QED) is 0.865. The Bertz CT molecular complexity index is 346. The van der Waals surface area contributed by atoms with Crippen molar-refractivity contribution < 1.29 is 0 Å². The molecule has 102 valence electrons. The molecule has 18 heavy (non-hydrogen) atoms. The molecule has 0 unspecified atom stereocenters. The molecule has 3 heteroatoms. The Morgan fingerprint density at radius 2 is 1.94 bits per heavy atom. The molecule has 1 N–H and O–H groups in total. The molecule has 0 bridgehead atoms. The van der Waals surface area contributed by atoms with Crippen molar-refractivity contribution >= 4 is 0 Å². The van der Waals surface area contributed by atoms with E-state index in [9.17, 15) is 0 Å². The van der Waals surface area contributed by atoms with Crippen molar-refractivity contribution in [3.8, 4) is 0 Å². The molecule has 0 saturated heterocycles. The first kappa shape index (κ1) is 13.6. The Balaban J connectivity index is 2.07. The van der Waals surface area contributed by atoms with E-state index in [1.807, 2.05) is 0 Å². The van der Waals surface area contributed by atoms with Crippen molar-refractivity contribution in [1.29, 1.82) is 0 Å². The van der Waals surface area contributed by atoms with Crippen LogP contribution < -0.4 is 5.32 Å². The lowest BCUT2D eigenvalue weighted by Gasteiger charge is -2.31. The largest absolute Gasteiger partial charge is 0.331 e. The number of imidazole rings is 1. The van der Waals surface area contributed by atoms with E-state index < -0.39 is 0 Å². The highest BCUT2D eigenvalue weighted by molar-refractivity contribution is 5.08. The van der Waals surface area contributed by atoms with Crippen LogP contribution >= 0.6 is 0 Å². The first-order valence-corrected chi connectivity index (χ1v) is 7.49. The van der Waals surface area contributed by atoms with Gasteiger partial charge in [-0.15, -0.1) is 0 Å². The molecular weight excluding hydrogens is 222 g/mol. The SMILES string of the molecule is CCC(CC)c1cncn1C1CCC(NC)CC1. The smallest absolute Gasteiger partial charge is 0.0950 e. The summed E-state index contributed by atoms with van der Waals surface area (Å²) in [5.74, 6) is 0.675. The normalized spacial score (nSPS) is 24.7. The van der Waals surface area contributed by atoms with Crippen molar-refractivity contribution in [3.05, 3.63) is 18.2 Å². The molecule has 1 saturated carbocycles. The van der Waals surface area contributed by atoms with Gasteiger partial charge in [0.15, 0.2) is 0 Å². The molecule has 1 heterocycles. The summed E-state index contributed by atoms with van der Waals surface area (Å²) in [4.78, 5) is 4.40. The van der Waals surface area contributed by atoms with E-state index in [1.165, 1.54) is 44.2 Å². The maximum atomic E-state index is 4.40. The highest BCUT2D eigenvalue weighted by Gasteiger charge is 2.24. The number of hydrogen-bond donors (Lipinski definition) is 1. The van der Waals surface area contributed by atoms with Crippen LogP contribution in [0.1, 0.15) is 70.0 Å². The molecule has 3 nitrogen and oxygen atoms in total. The molecule has 1 aromatic rings. The minimum atomic E-state index is 0.674. The van der Waals surface area contributed by atoms with Crippen molar-refractivity contribution in [3.63, 3.8) is 0 Å². The molecule has 2 rings (SSSR count). The summed E-state index contributed by atoms with van der Waals surface area (Å²) >= 11 is 0. The zero-order valence-electron chi connectivity index (χ0n) is 12.0. The summed E-state index contributed by atoms with van der Waals surface area (Å²) in [5, 5.41) is 3.40.